The van der Waals surface area contributed by atoms with Crippen molar-refractivity contribution in [1.82, 2.24) is 10.0 Å². The Balaban J connectivity index is 2.18. The van der Waals surface area contributed by atoms with E-state index >= 15 is 0 Å². The van der Waals surface area contributed by atoms with E-state index < -0.39 is 10.0 Å². The van der Waals surface area contributed by atoms with E-state index in [0.717, 1.165) is 19.4 Å². The molecule has 1 aliphatic rings. The lowest BCUT2D eigenvalue weighted by molar-refractivity contribution is 0.181. The highest BCUT2D eigenvalue weighted by Gasteiger charge is 2.33. The molecular weight excluding hydrogens is 316 g/mol. The molecule has 1 atom stereocenters. The molecule has 2 rings (SSSR count). The van der Waals surface area contributed by atoms with E-state index in [2.05, 4.69) is 23.9 Å². The normalized spacial score (nSPS) is 21.0. The van der Waals surface area contributed by atoms with E-state index in [9.17, 15) is 8.42 Å². The predicted octanol–water partition coefficient (Wildman–Crippen LogP) is 1.76. The van der Waals surface area contributed by atoms with Crippen LogP contribution < -0.4 is 19.5 Å². The zero-order chi connectivity index (χ0) is 17.1. The van der Waals surface area contributed by atoms with Crippen LogP contribution in [0.15, 0.2) is 23.1 Å². The lowest BCUT2D eigenvalue weighted by Gasteiger charge is -2.39. The first-order valence-electron chi connectivity index (χ1n) is 7.75. The van der Waals surface area contributed by atoms with Gasteiger partial charge in [-0.3, -0.25) is 0 Å². The Hall–Kier alpha value is -1.31. The number of ether oxygens (including phenoxy) is 2. The number of sulfonamides is 1. The summed E-state index contributed by atoms with van der Waals surface area (Å²) >= 11 is 0. The first-order valence-corrected chi connectivity index (χ1v) is 9.23. The van der Waals surface area contributed by atoms with Gasteiger partial charge in [0.2, 0.25) is 10.0 Å². The number of hydrogen-bond acceptors (Lipinski definition) is 5. The second-order valence-electron chi connectivity index (χ2n) is 6.47. The van der Waals surface area contributed by atoms with Gasteiger partial charge in [-0.15, -0.1) is 0 Å². The third kappa shape index (κ3) is 4.16. The highest BCUT2D eigenvalue weighted by Crippen LogP contribution is 2.31. The Morgan fingerprint density at radius 3 is 2.65 bits per heavy atom. The smallest absolute Gasteiger partial charge is 0.244 e. The standard InChI is InChI=1S/C16H26N2O4S/c1-16(2)8-5-9-17-15(16)11-18-23(19,20)14-10-12(21-3)6-7-13(14)22-4/h6-7,10,15,17-18H,5,8-9,11H2,1-4H3. The van der Waals surface area contributed by atoms with Crippen LogP contribution in [0.2, 0.25) is 0 Å². The molecule has 0 radical (unpaired) electrons. The summed E-state index contributed by atoms with van der Waals surface area (Å²) in [5.74, 6) is 0.774. The SMILES string of the molecule is COc1ccc(OC)c(S(=O)(=O)NCC2NCCCC2(C)C)c1. The molecule has 0 bridgehead atoms. The van der Waals surface area contributed by atoms with Crippen molar-refractivity contribution in [3.05, 3.63) is 18.2 Å². The van der Waals surface area contributed by atoms with Crippen LogP contribution in [0.4, 0.5) is 0 Å². The van der Waals surface area contributed by atoms with Gasteiger partial charge in [0.1, 0.15) is 16.4 Å². The molecule has 23 heavy (non-hydrogen) atoms. The molecule has 1 aromatic carbocycles. The fraction of sp³-hybridized carbons (Fsp3) is 0.625. The maximum absolute atomic E-state index is 12.7. The second kappa shape index (κ2) is 7.07. The number of nitrogens with one attached hydrogen (secondary N) is 2. The van der Waals surface area contributed by atoms with Gasteiger partial charge in [-0.25, -0.2) is 13.1 Å². The number of hydrogen-bond donors (Lipinski definition) is 2. The van der Waals surface area contributed by atoms with Crippen molar-refractivity contribution in [3.63, 3.8) is 0 Å². The zero-order valence-corrected chi connectivity index (χ0v) is 15.0. The molecule has 0 aromatic heterocycles. The first-order chi connectivity index (χ1) is 10.8. The minimum absolute atomic E-state index is 0.0548. The summed E-state index contributed by atoms with van der Waals surface area (Å²) in [6, 6.07) is 4.84. The van der Waals surface area contributed by atoms with Crippen molar-refractivity contribution in [2.24, 2.45) is 5.41 Å². The van der Waals surface area contributed by atoms with E-state index in [1.54, 1.807) is 12.1 Å². The lowest BCUT2D eigenvalue weighted by Crippen LogP contribution is -2.52. The maximum Gasteiger partial charge on any atom is 0.244 e. The van der Waals surface area contributed by atoms with E-state index in [4.69, 9.17) is 9.47 Å². The third-order valence-electron chi connectivity index (χ3n) is 4.47. The second-order valence-corrected chi connectivity index (χ2v) is 8.20. The molecule has 130 valence electrons. The van der Waals surface area contributed by atoms with Crippen LogP contribution in [-0.2, 0) is 10.0 Å². The minimum Gasteiger partial charge on any atom is -0.497 e. The minimum atomic E-state index is -3.68. The average molecular weight is 342 g/mol. The largest absolute Gasteiger partial charge is 0.497 e. The topological polar surface area (TPSA) is 76.7 Å². The van der Waals surface area contributed by atoms with Crippen LogP contribution in [0.3, 0.4) is 0 Å². The van der Waals surface area contributed by atoms with Gasteiger partial charge >= 0.3 is 0 Å². The van der Waals surface area contributed by atoms with Crippen molar-refractivity contribution >= 4 is 10.0 Å². The molecule has 0 aliphatic carbocycles. The Morgan fingerprint density at radius 1 is 1.30 bits per heavy atom. The Morgan fingerprint density at radius 2 is 2.04 bits per heavy atom. The van der Waals surface area contributed by atoms with Crippen LogP contribution in [0.25, 0.3) is 0 Å². The zero-order valence-electron chi connectivity index (χ0n) is 14.2. The fourth-order valence-electron chi connectivity index (χ4n) is 2.88. The monoisotopic (exact) mass is 342 g/mol. The molecule has 1 unspecified atom stereocenters. The Kier molecular flexibility index (Phi) is 5.54. The van der Waals surface area contributed by atoms with Crippen LogP contribution >= 0.6 is 0 Å². The Bertz CT molecular complexity index is 643. The van der Waals surface area contributed by atoms with Crippen LogP contribution in [-0.4, -0.2) is 41.8 Å². The van der Waals surface area contributed by atoms with Gasteiger partial charge < -0.3 is 14.8 Å². The fourth-order valence-corrected chi connectivity index (χ4v) is 4.11. The van der Waals surface area contributed by atoms with Gasteiger partial charge in [-0.05, 0) is 36.9 Å². The summed E-state index contributed by atoms with van der Waals surface area (Å²) in [6.07, 6.45) is 2.19. The summed E-state index contributed by atoms with van der Waals surface area (Å²) in [7, 11) is -0.729. The third-order valence-corrected chi connectivity index (χ3v) is 5.91. The summed E-state index contributed by atoms with van der Waals surface area (Å²) in [5.41, 5.74) is 0.0548. The highest BCUT2D eigenvalue weighted by molar-refractivity contribution is 7.89. The molecule has 1 aliphatic heterocycles. The molecule has 6 nitrogen and oxygen atoms in total. The van der Waals surface area contributed by atoms with Gasteiger partial charge in [-0.2, -0.15) is 0 Å². The van der Waals surface area contributed by atoms with Crippen molar-refractivity contribution in [2.75, 3.05) is 27.3 Å². The van der Waals surface area contributed by atoms with Gasteiger partial charge in [0, 0.05) is 18.7 Å². The molecule has 0 saturated carbocycles. The van der Waals surface area contributed by atoms with E-state index in [-0.39, 0.29) is 16.4 Å². The molecule has 7 heteroatoms. The molecule has 0 spiro atoms. The summed E-state index contributed by atoms with van der Waals surface area (Å²) in [4.78, 5) is 0.0907. The summed E-state index contributed by atoms with van der Waals surface area (Å²) < 4.78 is 38.3. The quantitative estimate of drug-likeness (QED) is 0.824. The molecule has 0 amide bonds. The van der Waals surface area contributed by atoms with E-state index in [1.807, 2.05) is 0 Å². The molecule has 1 heterocycles. The predicted molar refractivity (Wildman–Crippen MR) is 89.5 cm³/mol. The summed E-state index contributed by atoms with van der Waals surface area (Å²) in [6.45, 7) is 5.57. The number of methoxy groups -OCH3 is 2. The average Bonchev–Trinajstić information content (AvgIpc) is 2.52. The number of benzene rings is 1. The highest BCUT2D eigenvalue weighted by atomic mass is 32.2. The van der Waals surface area contributed by atoms with Gasteiger partial charge in [-0.1, -0.05) is 13.8 Å². The van der Waals surface area contributed by atoms with Gasteiger partial charge in [0.05, 0.1) is 14.2 Å². The van der Waals surface area contributed by atoms with Gasteiger partial charge in [0.15, 0.2) is 0 Å². The molecule has 2 N–H and O–H groups in total. The van der Waals surface area contributed by atoms with Crippen LogP contribution in [0.5, 0.6) is 11.5 Å². The molecule has 1 saturated heterocycles. The molecule has 1 fully saturated rings. The van der Waals surface area contributed by atoms with Crippen molar-refractivity contribution in [1.29, 1.82) is 0 Å². The van der Waals surface area contributed by atoms with Gasteiger partial charge in [0.25, 0.3) is 0 Å². The molecule has 1 aromatic rings. The summed E-state index contributed by atoms with van der Waals surface area (Å²) in [5, 5.41) is 3.40. The lowest BCUT2D eigenvalue weighted by atomic mass is 9.78. The van der Waals surface area contributed by atoms with Crippen LogP contribution in [0.1, 0.15) is 26.7 Å². The Labute approximate surface area is 138 Å². The first kappa shape index (κ1) is 18.0. The number of rotatable bonds is 6. The maximum atomic E-state index is 12.7. The van der Waals surface area contributed by atoms with Crippen molar-refractivity contribution in [3.8, 4) is 11.5 Å². The van der Waals surface area contributed by atoms with Crippen molar-refractivity contribution < 1.29 is 17.9 Å². The van der Waals surface area contributed by atoms with Crippen molar-refractivity contribution in [2.45, 2.75) is 37.6 Å². The number of piperidine rings is 1. The van der Waals surface area contributed by atoms with E-state index in [0.29, 0.717) is 18.0 Å². The van der Waals surface area contributed by atoms with E-state index in [1.165, 1.54) is 20.3 Å². The van der Waals surface area contributed by atoms with Crippen LogP contribution in [0, 0.1) is 5.41 Å². The molecular formula is C16H26N2O4S.